The van der Waals surface area contributed by atoms with Gasteiger partial charge < -0.3 is 14.8 Å². The van der Waals surface area contributed by atoms with Crippen LogP contribution in [0.3, 0.4) is 0 Å². The van der Waals surface area contributed by atoms with Crippen LogP contribution >= 0.6 is 11.6 Å². The average Bonchev–Trinajstić information content (AvgIpc) is 2.78. The molecule has 0 radical (unpaired) electrons. The van der Waals surface area contributed by atoms with Gasteiger partial charge in [-0.3, -0.25) is 9.52 Å². The van der Waals surface area contributed by atoms with Crippen molar-refractivity contribution in [1.29, 1.82) is 0 Å². The fourth-order valence-corrected chi connectivity index (χ4v) is 4.13. The maximum Gasteiger partial charge on any atom is 0.261 e. The van der Waals surface area contributed by atoms with Crippen LogP contribution in [0, 0.1) is 5.82 Å². The molecule has 0 heterocycles. The minimum Gasteiger partial charge on any atom is -0.493 e. The van der Waals surface area contributed by atoms with Gasteiger partial charge in [0.05, 0.1) is 29.8 Å². The van der Waals surface area contributed by atoms with Crippen LogP contribution in [-0.4, -0.2) is 28.5 Å². The molecule has 0 saturated heterocycles. The molecular weight excluding hydrogens is 459 g/mol. The van der Waals surface area contributed by atoms with E-state index in [9.17, 15) is 17.6 Å². The van der Waals surface area contributed by atoms with Crippen LogP contribution < -0.4 is 19.5 Å². The quantitative estimate of drug-likeness (QED) is 0.505. The molecule has 1 amide bonds. The molecule has 0 spiro atoms. The summed E-state index contributed by atoms with van der Waals surface area (Å²) in [5, 5.41) is 2.86. The monoisotopic (exact) mass is 478 g/mol. The van der Waals surface area contributed by atoms with Crippen LogP contribution in [-0.2, 0) is 16.6 Å². The Kier molecular flexibility index (Phi) is 7.22. The summed E-state index contributed by atoms with van der Waals surface area (Å²) in [5.41, 5.74) is 1.00. The topological polar surface area (TPSA) is 93.7 Å². The molecular formula is C22H20ClFN2O5S. The normalized spacial score (nSPS) is 11.0. The van der Waals surface area contributed by atoms with Gasteiger partial charge in [-0.15, -0.1) is 0 Å². The molecule has 2 N–H and O–H groups in total. The predicted octanol–water partition coefficient (Wildman–Crippen LogP) is 4.23. The Bertz CT molecular complexity index is 1230. The Labute approximate surface area is 190 Å². The summed E-state index contributed by atoms with van der Waals surface area (Å²) in [6.45, 7) is 0.207. The third-order valence-electron chi connectivity index (χ3n) is 4.50. The fraction of sp³-hybridized carbons (Fsp3) is 0.136. The van der Waals surface area contributed by atoms with Gasteiger partial charge in [0.15, 0.2) is 11.5 Å². The van der Waals surface area contributed by atoms with Crippen LogP contribution in [0.4, 0.5) is 10.1 Å². The zero-order valence-corrected chi connectivity index (χ0v) is 18.8. The molecule has 10 heteroatoms. The van der Waals surface area contributed by atoms with E-state index in [0.717, 1.165) is 29.8 Å². The summed E-state index contributed by atoms with van der Waals surface area (Å²) in [4.78, 5) is 12.5. The van der Waals surface area contributed by atoms with Crippen LogP contribution in [0.2, 0.25) is 5.02 Å². The third-order valence-corrected chi connectivity index (χ3v) is 6.21. The summed E-state index contributed by atoms with van der Waals surface area (Å²) in [6, 6.07) is 13.8. The number of ether oxygens (including phenoxy) is 2. The number of hydrogen-bond donors (Lipinski definition) is 2. The van der Waals surface area contributed by atoms with Crippen molar-refractivity contribution in [3.63, 3.8) is 0 Å². The molecule has 0 aliphatic carbocycles. The van der Waals surface area contributed by atoms with Gasteiger partial charge in [0, 0.05) is 12.1 Å². The number of nitrogens with one attached hydrogen (secondary N) is 2. The predicted molar refractivity (Wildman–Crippen MR) is 119 cm³/mol. The molecule has 0 aromatic heterocycles. The molecule has 0 aliphatic rings. The Morgan fingerprint density at radius 2 is 1.66 bits per heavy atom. The van der Waals surface area contributed by atoms with Crippen molar-refractivity contribution >= 4 is 33.2 Å². The number of rotatable bonds is 8. The van der Waals surface area contributed by atoms with E-state index in [-0.39, 0.29) is 27.7 Å². The lowest BCUT2D eigenvalue weighted by atomic mass is 10.1. The molecule has 0 fully saturated rings. The number of carbonyl (C=O) groups excluding carboxylic acids is 1. The summed E-state index contributed by atoms with van der Waals surface area (Å²) < 4.78 is 51.0. The zero-order chi connectivity index (χ0) is 23.3. The van der Waals surface area contributed by atoms with E-state index in [1.54, 1.807) is 18.2 Å². The lowest BCUT2D eigenvalue weighted by molar-refractivity contribution is 0.0951. The van der Waals surface area contributed by atoms with Gasteiger partial charge >= 0.3 is 0 Å². The minimum absolute atomic E-state index is 0.0229. The first-order chi connectivity index (χ1) is 15.2. The van der Waals surface area contributed by atoms with Crippen molar-refractivity contribution in [3.05, 3.63) is 82.6 Å². The molecule has 0 aliphatic heterocycles. The van der Waals surface area contributed by atoms with Gasteiger partial charge in [-0.1, -0.05) is 17.7 Å². The number of anilines is 1. The summed E-state index contributed by atoms with van der Waals surface area (Å²) >= 11 is 6.11. The number of amides is 1. The lowest BCUT2D eigenvalue weighted by Gasteiger charge is -2.12. The second kappa shape index (κ2) is 9.88. The second-order valence-corrected chi connectivity index (χ2v) is 8.72. The SMILES string of the molecule is COc1ccc(CNC(=O)c2ccc(Cl)c(NS(=O)(=O)c3ccc(F)cc3)c2)cc1OC. The van der Waals surface area contributed by atoms with E-state index in [1.807, 2.05) is 0 Å². The first-order valence-electron chi connectivity index (χ1n) is 9.30. The van der Waals surface area contributed by atoms with Crippen molar-refractivity contribution in [3.8, 4) is 11.5 Å². The first-order valence-corrected chi connectivity index (χ1v) is 11.2. The Morgan fingerprint density at radius 3 is 2.31 bits per heavy atom. The Morgan fingerprint density at radius 1 is 0.969 bits per heavy atom. The number of benzene rings is 3. The van der Waals surface area contributed by atoms with E-state index >= 15 is 0 Å². The lowest BCUT2D eigenvalue weighted by Crippen LogP contribution is -2.23. The van der Waals surface area contributed by atoms with E-state index in [2.05, 4.69) is 10.0 Å². The van der Waals surface area contributed by atoms with E-state index < -0.39 is 21.7 Å². The molecule has 3 aromatic carbocycles. The number of carbonyl (C=O) groups is 1. The summed E-state index contributed by atoms with van der Waals surface area (Å²) in [7, 11) is -0.977. The van der Waals surface area contributed by atoms with E-state index in [0.29, 0.717) is 11.5 Å². The first kappa shape index (κ1) is 23.4. The van der Waals surface area contributed by atoms with Gasteiger partial charge in [0.2, 0.25) is 0 Å². The van der Waals surface area contributed by atoms with Crippen molar-refractivity contribution in [2.45, 2.75) is 11.4 Å². The Balaban J connectivity index is 1.75. The van der Waals surface area contributed by atoms with Gasteiger partial charge in [-0.05, 0) is 60.2 Å². The molecule has 168 valence electrons. The van der Waals surface area contributed by atoms with Crippen molar-refractivity contribution < 1.29 is 27.1 Å². The summed E-state index contributed by atoms with van der Waals surface area (Å²) in [5.74, 6) is 0.107. The second-order valence-electron chi connectivity index (χ2n) is 6.63. The van der Waals surface area contributed by atoms with Gasteiger partial charge in [-0.2, -0.15) is 0 Å². The maximum atomic E-state index is 13.1. The largest absolute Gasteiger partial charge is 0.493 e. The molecule has 3 aromatic rings. The highest BCUT2D eigenvalue weighted by Gasteiger charge is 2.17. The molecule has 0 bridgehead atoms. The number of halogens is 2. The van der Waals surface area contributed by atoms with Crippen LogP contribution in [0.25, 0.3) is 0 Å². The maximum absolute atomic E-state index is 13.1. The number of hydrogen-bond acceptors (Lipinski definition) is 5. The summed E-state index contributed by atoms with van der Waals surface area (Å²) in [6.07, 6.45) is 0. The average molecular weight is 479 g/mol. The van der Waals surface area contributed by atoms with Gasteiger partial charge in [-0.25, -0.2) is 12.8 Å². The molecule has 32 heavy (non-hydrogen) atoms. The van der Waals surface area contributed by atoms with Crippen LogP contribution in [0.5, 0.6) is 11.5 Å². The Hall–Kier alpha value is -3.30. The molecule has 0 unspecified atom stereocenters. The van der Waals surface area contributed by atoms with Crippen molar-refractivity contribution in [2.75, 3.05) is 18.9 Å². The van der Waals surface area contributed by atoms with Crippen molar-refractivity contribution in [1.82, 2.24) is 5.32 Å². The third kappa shape index (κ3) is 5.49. The highest BCUT2D eigenvalue weighted by atomic mass is 35.5. The van der Waals surface area contributed by atoms with E-state index in [1.165, 1.54) is 32.4 Å². The zero-order valence-electron chi connectivity index (χ0n) is 17.2. The van der Waals surface area contributed by atoms with Crippen LogP contribution in [0.15, 0.2) is 65.6 Å². The molecule has 3 rings (SSSR count). The fourth-order valence-electron chi connectivity index (χ4n) is 2.84. The highest BCUT2D eigenvalue weighted by molar-refractivity contribution is 7.92. The smallest absolute Gasteiger partial charge is 0.261 e. The van der Waals surface area contributed by atoms with E-state index in [4.69, 9.17) is 21.1 Å². The highest BCUT2D eigenvalue weighted by Crippen LogP contribution is 2.28. The number of sulfonamides is 1. The standard InChI is InChI=1S/C22H20ClFN2O5S/c1-30-20-10-3-14(11-21(20)31-2)13-25-22(27)15-4-9-18(23)19(12-15)26-32(28,29)17-7-5-16(24)6-8-17/h3-12,26H,13H2,1-2H3,(H,25,27). The molecule has 7 nitrogen and oxygen atoms in total. The number of methoxy groups -OCH3 is 2. The minimum atomic E-state index is -4.02. The molecule has 0 saturated carbocycles. The van der Waals surface area contributed by atoms with Gasteiger partial charge in [0.1, 0.15) is 5.82 Å². The molecule has 0 atom stereocenters. The van der Waals surface area contributed by atoms with Crippen LogP contribution in [0.1, 0.15) is 15.9 Å². The van der Waals surface area contributed by atoms with Gasteiger partial charge in [0.25, 0.3) is 15.9 Å². The van der Waals surface area contributed by atoms with Crippen molar-refractivity contribution in [2.24, 2.45) is 0 Å².